The van der Waals surface area contributed by atoms with Gasteiger partial charge in [0.05, 0.1) is 12.5 Å². The van der Waals surface area contributed by atoms with Crippen LogP contribution in [0.1, 0.15) is 18.4 Å². The molecule has 0 aromatic heterocycles. The van der Waals surface area contributed by atoms with Gasteiger partial charge in [-0.05, 0) is 47.5 Å². The van der Waals surface area contributed by atoms with Crippen molar-refractivity contribution >= 4 is 58.4 Å². The van der Waals surface area contributed by atoms with Crippen LogP contribution in [0.4, 0.5) is 0 Å². The number of aliphatic hydroxyl groups is 1. The van der Waals surface area contributed by atoms with Crippen LogP contribution < -0.4 is 0 Å². The third kappa shape index (κ3) is 4.73. The van der Waals surface area contributed by atoms with E-state index in [0.717, 1.165) is 11.1 Å². The van der Waals surface area contributed by atoms with Crippen LogP contribution in [-0.4, -0.2) is 23.3 Å². The van der Waals surface area contributed by atoms with Crippen LogP contribution >= 0.6 is 46.4 Å². The van der Waals surface area contributed by atoms with Gasteiger partial charge in [-0.1, -0.05) is 52.5 Å². The molecule has 0 bridgehead atoms. The highest BCUT2D eigenvalue weighted by atomic mass is 35.5. The van der Waals surface area contributed by atoms with Gasteiger partial charge in [-0.15, -0.1) is 0 Å². The standard InChI is InChI=1S/C19H14Cl4O3/c20-11-3-10(4-12(21)5-11)17-6-13(22)7-18(23)16(17)2-1-15-8-14(24)9-19(25)26-15/h1-7,14-15,24H,8-9H2/b2-1+/t14-,15-/m1/s1. The molecule has 26 heavy (non-hydrogen) atoms. The van der Waals surface area contributed by atoms with E-state index in [1.807, 2.05) is 0 Å². The van der Waals surface area contributed by atoms with Crippen molar-refractivity contribution in [2.75, 3.05) is 0 Å². The van der Waals surface area contributed by atoms with E-state index in [9.17, 15) is 9.90 Å². The molecule has 1 aliphatic heterocycles. The van der Waals surface area contributed by atoms with E-state index in [1.165, 1.54) is 0 Å². The number of hydrogen-bond donors (Lipinski definition) is 1. The number of cyclic esters (lactones) is 1. The zero-order valence-electron chi connectivity index (χ0n) is 13.4. The summed E-state index contributed by atoms with van der Waals surface area (Å²) in [5.41, 5.74) is 2.18. The Bertz CT molecular complexity index is 859. The second-order valence-corrected chi connectivity index (χ2v) is 7.70. The zero-order chi connectivity index (χ0) is 18.8. The van der Waals surface area contributed by atoms with Crippen LogP contribution in [0, 0.1) is 0 Å². The van der Waals surface area contributed by atoms with Gasteiger partial charge in [0.1, 0.15) is 6.10 Å². The first-order valence-corrected chi connectivity index (χ1v) is 9.34. The molecule has 3 nitrogen and oxygen atoms in total. The smallest absolute Gasteiger partial charge is 0.309 e. The maximum Gasteiger partial charge on any atom is 0.309 e. The molecular formula is C19H14Cl4O3. The summed E-state index contributed by atoms with van der Waals surface area (Å²) in [5, 5.41) is 11.6. The van der Waals surface area contributed by atoms with Gasteiger partial charge in [0.25, 0.3) is 0 Å². The van der Waals surface area contributed by atoms with E-state index in [1.54, 1.807) is 42.5 Å². The van der Waals surface area contributed by atoms with Gasteiger partial charge in [-0.2, -0.15) is 0 Å². The lowest BCUT2D eigenvalue weighted by Gasteiger charge is -2.23. The van der Waals surface area contributed by atoms with Gasteiger partial charge in [0, 0.05) is 32.1 Å². The third-order valence-electron chi connectivity index (χ3n) is 3.93. The quantitative estimate of drug-likeness (QED) is 0.602. The Balaban J connectivity index is 2.01. The molecule has 0 spiro atoms. The average molecular weight is 432 g/mol. The fraction of sp³-hybridized carbons (Fsp3) is 0.211. The molecule has 1 fully saturated rings. The predicted molar refractivity (Wildman–Crippen MR) is 106 cm³/mol. The summed E-state index contributed by atoms with van der Waals surface area (Å²) in [6.07, 6.45) is 2.57. The maximum absolute atomic E-state index is 11.5. The maximum atomic E-state index is 11.5. The van der Waals surface area contributed by atoms with Crippen LogP contribution in [0.25, 0.3) is 17.2 Å². The van der Waals surface area contributed by atoms with E-state index in [0.29, 0.717) is 32.1 Å². The van der Waals surface area contributed by atoms with Gasteiger partial charge >= 0.3 is 5.97 Å². The third-order valence-corrected chi connectivity index (χ3v) is 4.90. The lowest BCUT2D eigenvalue weighted by atomic mass is 9.98. The lowest BCUT2D eigenvalue weighted by molar-refractivity contribution is -0.156. The van der Waals surface area contributed by atoms with Crippen molar-refractivity contribution in [2.24, 2.45) is 0 Å². The highest BCUT2D eigenvalue weighted by molar-refractivity contribution is 6.37. The number of carbonyl (C=O) groups is 1. The van der Waals surface area contributed by atoms with Gasteiger partial charge in [0.2, 0.25) is 0 Å². The SMILES string of the molecule is O=C1C[C@H](O)C[C@@H](/C=C/c2c(Cl)cc(Cl)cc2-c2cc(Cl)cc(Cl)c2)O1. The molecule has 1 N–H and O–H groups in total. The minimum atomic E-state index is -0.710. The molecule has 3 rings (SSSR count). The summed E-state index contributed by atoms with van der Waals surface area (Å²) in [5.74, 6) is -0.428. The molecule has 7 heteroatoms. The average Bonchev–Trinajstić information content (AvgIpc) is 2.51. The lowest BCUT2D eigenvalue weighted by Crippen LogP contribution is -2.31. The van der Waals surface area contributed by atoms with E-state index in [2.05, 4.69) is 0 Å². The van der Waals surface area contributed by atoms with Crippen molar-refractivity contribution < 1.29 is 14.6 Å². The van der Waals surface area contributed by atoms with Gasteiger partial charge in [0.15, 0.2) is 0 Å². The second kappa shape index (κ2) is 8.20. The van der Waals surface area contributed by atoms with Crippen LogP contribution in [0.5, 0.6) is 0 Å². The molecule has 0 radical (unpaired) electrons. The minimum Gasteiger partial charge on any atom is -0.458 e. The van der Waals surface area contributed by atoms with E-state index < -0.39 is 18.2 Å². The molecule has 1 aliphatic rings. The van der Waals surface area contributed by atoms with E-state index in [-0.39, 0.29) is 6.42 Å². The minimum absolute atomic E-state index is 0.0122. The number of halogens is 4. The number of hydrogen-bond acceptors (Lipinski definition) is 3. The molecule has 2 aromatic carbocycles. The van der Waals surface area contributed by atoms with Crippen LogP contribution in [0.15, 0.2) is 36.4 Å². The molecule has 2 atom stereocenters. The Morgan fingerprint density at radius 3 is 2.31 bits per heavy atom. The first-order valence-electron chi connectivity index (χ1n) is 7.83. The van der Waals surface area contributed by atoms with Gasteiger partial charge < -0.3 is 9.84 Å². The summed E-state index contributed by atoms with van der Waals surface area (Å²) in [6.45, 7) is 0. The Hall–Kier alpha value is -1.23. The van der Waals surface area contributed by atoms with Crippen molar-refractivity contribution in [3.8, 4) is 11.1 Å². The van der Waals surface area contributed by atoms with Crippen LogP contribution in [-0.2, 0) is 9.53 Å². The van der Waals surface area contributed by atoms with Crippen molar-refractivity contribution in [1.82, 2.24) is 0 Å². The Kier molecular flexibility index (Phi) is 6.16. The molecule has 136 valence electrons. The van der Waals surface area contributed by atoms with E-state index >= 15 is 0 Å². The molecule has 0 unspecified atom stereocenters. The van der Waals surface area contributed by atoms with Crippen molar-refractivity contribution in [2.45, 2.75) is 25.0 Å². The summed E-state index contributed by atoms with van der Waals surface area (Å²) in [7, 11) is 0. The fourth-order valence-electron chi connectivity index (χ4n) is 2.83. The second-order valence-electron chi connectivity index (χ2n) is 5.99. The Labute approximate surface area is 171 Å². The Morgan fingerprint density at radius 1 is 1.00 bits per heavy atom. The molecule has 1 heterocycles. The highest BCUT2D eigenvalue weighted by Crippen LogP contribution is 2.36. The molecule has 1 saturated heterocycles. The predicted octanol–water partition coefficient (Wildman–Crippen LogP) is 6.05. The first kappa shape index (κ1) is 19.5. The molecule has 0 saturated carbocycles. The number of benzene rings is 2. The summed E-state index contributed by atoms with van der Waals surface area (Å²) >= 11 is 24.8. The largest absolute Gasteiger partial charge is 0.458 e. The van der Waals surface area contributed by atoms with Gasteiger partial charge in [-0.25, -0.2) is 0 Å². The molecule has 2 aromatic rings. The van der Waals surface area contributed by atoms with Crippen molar-refractivity contribution in [3.63, 3.8) is 0 Å². The number of rotatable bonds is 3. The molecule has 0 amide bonds. The summed E-state index contributed by atoms with van der Waals surface area (Å²) in [4.78, 5) is 11.5. The first-order chi connectivity index (χ1) is 12.3. The summed E-state index contributed by atoms with van der Waals surface area (Å²) in [6, 6.07) is 8.54. The Morgan fingerprint density at radius 2 is 1.65 bits per heavy atom. The fourth-order valence-corrected chi connectivity index (χ4v) is 3.92. The number of aliphatic hydroxyl groups excluding tert-OH is 1. The number of esters is 1. The monoisotopic (exact) mass is 430 g/mol. The zero-order valence-corrected chi connectivity index (χ0v) is 16.4. The van der Waals surface area contributed by atoms with Crippen LogP contribution in [0.3, 0.4) is 0 Å². The highest BCUT2D eigenvalue weighted by Gasteiger charge is 2.25. The molecule has 0 aliphatic carbocycles. The normalized spacial score (nSPS) is 20.4. The number of carbonyl (C=O) groups excluding carboxylic acids is 1. The topological polar surface area (TPSA) is 46.5 Å². The van der Waals surface area contributed by atoms with Crippen LogP contribution in [0.2, 0.25) is 20.1 Å². The molecular weight excluding hydrogens is 418 g/mol. The van der Waals surface area contributed by atoms with E-state index in [4.69, 9.17) is 51.1 Å². The summed E-state index contributed by atoms with van der Waals surface area (Å²) < 4.78 is 5.23. The van der Waals surface area contributed by atoms with Crippen molar-refractivity contribution in [3.05, 3.63) is 62.1 Å². The van der Waals surface area contributed by atoms with Crippen molar-refractivity contribution in [1.29, 1.82) is 0 Å². The number of ether oxygens (including phenoxy) is 1. The van der Waals surface area contributed by atoms with Gasteiger partial charge in [-0.3, -0.25) is 4.79 Å².